The van der Waals surface area contributed by atoms with E-state index in [2.05, 4.69) is 38.2 Å². The molecule has 0 bridgehead atoms. The van der Waals surface area contributed by atoms with Crippen LogP contribution in [0.25, 0.3) is 0 Å². The van der Waals surface area contributed by atoms with Gasteiger partial charge < -0.3 is 20.1 Å². The maximum atomic E-state index is 12.6. The van der Waals surface area contributed by atoms with E-state index in [1.807, 2.05) is 0 Å². The van der Waals surface area contributed by atoms with Crippen molar-refractivity contribution < 1.29 is 37.6 Å². The monoisotopic (exact) mass is 772 g/mol. The number of carbonyl (C=O) groups is 2. The summed E-state index contributed by atoms with van der Waals surface area (Å²) in [6.07, 6.45) is 42.1. The molecular weight excluding hydrogens is 689 g/mol. The smallest absolute Gasteiger partial charge is 0.462 e. The first-order chi connectivity index (χ1) is 25.8. The molecule has 0 rings (SSSR count). The zero-order valence-electron chi connectivity index (χ0n) is 34.3. The van der Waals surface area contributed by atoms with Gasteiger partial charge in [-0.2, -0.15) is 0 Å². The molecule has 0 aliphatic carbocycles. The molecular formula is C43H82NO8P. The Labute approximate surface area is 325 Å². The number of rotatable bonds is 41. The van der Waals surface area contributed by atoms with Crippen molar-refractivity contribution in [2.24, 2.45) is 5.73 Å². The van der Waals surface area contributed by atoms with Crippen molar-refractivity contribution >= 4 is 19.8 Å². The van der Waals surface area contributed by atoms with Crippen LogP contribution in [0.5, 0.6) is 0 Å². The quantitative estimate of drug-likeness (QED) is 0.0269. The van der Waals surface area contributed by atoms with Crippen LogP contribution in [0.2, 0.25) is 0 Å². The lowest BCUT2D eigenvalue weighted by molar-refractivity contribution is -0.161. The Kier molecular flexibility index (Phi) is 39.0. The number of esters is 2. The molecule has 0 radical (unpaired) electrons. The maximum Gasteiger partial charge on any atom is 0.472 e. The Hall–Kier alpha value is -1.51. The Bertz CT molecular complexity index is 928. The molecule has 0 aromatic rings. The van der Waals surface area contributed by atoms with E-state index >= 15 is 0 Å². The maximum absolute atomic E-state index is 12.6. The van der Waals surface area contributed by atoms with Gasteiger partial charge in [0.1, 0.15) is 6.61 Å². The summed E-state index contributed by atoms with van der Waals surface area (Å²) in [7, 11) is -4.38. The summed E-state index contributed by atoms with van der Waals surface area (Å²) in [4.78, 5) is 34.8. The summed E-state index contributed by atoms with van der Waals surface area (Å²) in [5, 5.41) is 0. The highest BCUT2D eigenvalue weighted by Gasteiger charge is 2.26. The summed E-state index contributed by atoms with van der Waals surface area (Å²) in [5.74, 6) is -0.837. The topological polar surface area (TPSA) is 134 Å². The molecule has 3 N–H and O–H groups in total. The van der Waals surface area contributed by atoms with Crippen molar-refractivity contribution in [3.63, 3.8) is 0 Å². The molecule has 0 fully saturated rings. The second-order valence-electron chi connectivity index (χ2n) is 14.6. The third kappa shape index (κ3) is 40.0. The number of nitrogens with two attached hydrogens (primary N) is 1. The van der Waals surface area contributed by atoms with Crippen LogP contribution in [-0.4, -0.2) is 49.3 Å². The van der Waals surface area contributed by atoms with Crippen molar-refractivity contribution in [1.29, 1.82) is 0 Å². The molecule has 0 aliphatic heterocycles. The van der Waals surface area contributed by atoms with E-state index in [1.54, 1.807) is 0 Å². The van der Waals surface area contributed by atoms with Gasteiger partial charge in [-0.25, -0.2) is 4.57 Å². The molecule has 0 spiro atoms. The standard InChI is InChI=1S/C43H82NO8P/c1-3-5-7-9-11-13-15-17-19-20-21-22-24-25-27-29-31-33-35-42(45)49-39-41(40-51-53(47,48)50-38-37-44)52-43(46)36-34-32-30-28-26-23-18-16-14-12-10-8-6-4-2/h10,12,16,18,41H,3-9,11,13-15,17,19-40,44H2,1-2H3,(H,47,48)/b12-10-,18-16-. The van der Waals surface area contributed by atoms with Crippen LogP contribution in [-0.2, 0) is 32.7 Å². The Morgan fingerprint density at radius 3 is 1.49 bits per heavy atom. The lowest BCUT2D eigenvalue weighted by Gasteiger charge is -2.19. The van der Waals surface area contributed by atoms with Crippen LogP contribution in [0.3, 0.4) is 0 Å². The molecule has 53 heavy (non-hydrogen) atoms. The molecule has 2 atom stereocenters. The lowest BCUT2D eigenvalue weighted by atomic mass is 10.0. The van der Waals surface area contributed by atoms with Gasteiger partial charge in [-0.05, 0) is 38.5 Å². The minimum absolute atomic E-state index is 0.0524. The molecule has 2 unspecified atom stereocenters. The van der Waals surface area contributed by atoms with Gasteiger partial charge in [0.25, 0.3) is 0 Å². The molecule has 10 heteroatoms. The molecule has 0 aromatic carbocycles. The number of ether oxygens (including phenoxy) is 2. The Balaban J connectivity index is 4.12. The summed E-state index contributed by atoms with van der Waals surface area (Å²) in [5.41, 5.74) is 5.34. The van der Waals surface area contributed by atoms with Crippen molar-refractivity contribution in [3.8, 4) is 0 Å². The Morgan fingerprint density at radius 2 is 1.00 bits per heavy atom. The minimum Gasteiger partial charge on any atom is -0.462 e. The summed E-state index contributed by atoms with van der Waals surface area (Å²) in [6, 6.07) is 0. The average Bonchev–Trinajstić information content (AvgIpc) is 3.14. The fourth-order valence-electron chi connectivity index (χ4n) is 6.06. The van der Waals surface area contributed by atoms with Gasteiger partial charge in [-0.1, -0.05) is 179 Å². The number of allylic oxidation sites excluding steroid dienone is 4. The van der Waals surface area contributed by atoms with Crippen LogP contribution >= 0.6 is 7.82 Å². The average molecular weight is 772 g/mol. The highest BCUT2D eigenvalue weighted by Crippen LogP contribution is 2.43. The van der Waals surface area contributed by atoms with Crippen LogP contribution in [0, 0.1) is 0 Å². The number of phosphoric ester groups is 1. The molecule has 0 aromatic heterocycles. The first-order valence-electron chi connectivity index (χ1n) is 21.8. The number of hydrogen-bond donors (Lipinski definition) is 2. The van der Waals surface area contributed by atoms with Gasteiger partial charge in [0.05, 0.1) is 13.2 Å². The second-order valence-corrected chi connectivity index (χ2v) is 16.0. The van der Waals surface area contributed by atoms with Gasteiger partial charge in [0, 0.05) is 19.4 Å². The predicted molar refractivity (Wildman–Crippen MR) is 220 cm³/mol. The number of unbranched alkanes of at least 4 members (excludes halogenated alkanes) is 24. The molecule has 0 aliphatic rings. The minimum atomic E-state index is -4.38. The van der Waals surface area contributed by atoms with Crippen molar-refractivity contribution in [2.45, 2.75) is 213 Å². The number of carbonyl (C=O) groups excluding carboxylic acids is 2. The predicted octanol–water partition coefficient (Wildman–Crippen LogP) is 12.4. The normalized spacial score (nSPS) is 13.5. The highest BCUT2D eigenvalue weighted by atomic mass is 31.2. The number of phosphoric acid groups is 1. The zero-order chi connectivity index (χ0) is 38.9. The summed E-state index contributed by atoms with van der Waals surface area (Å²) in [6.45, 7) is 3.70. The zero-order valence-corrected chi connectivity index (χ0v) is 35.2. The second kappa shape index (κ2) is 40.2. The third-order valence-corrected chi connectivity index (χ3v) is 10.3. The largest absolute Gasteiger partial charge is 0.472 e. The van der Waals surface area contributed by atoms with E-state index in [0.29, 0.717) is 6.42 Å². The van der Waals surface area contributed by atoms with Gasteiger partial charge in [-0.15, -0.1) is 0 Å². The molecule has 0 amide bonds. The fourth-order valence-corrected chi connectivity index (χ4v) is 6.83. The molecule has 0 heterocycles. The van der Waals surface area contributed by atoms with E-state index < -0.39 is 26.5 Å². The highest BCUT2D eigenvalue weighted by molar-refractivity contribution is 7.47. The van der Waals surface area contributed by atoms with Gasteiger partial charge in [0.15, 0.2) is 6.10 Å². The van der Waals surface area contributed by atoms with Crippen molar-refractivity contribution in [3.05, 3.63) is 24.3 Å². The van der Waals surface area contributed by atoms with E-state index in [4.69, 9.17) is 24.3 Å². The fraction of sp³-hybridized carbons (Fsp3) is 0.860. The van der Waals surface area contributed by atoms with Crippen molar-refractivity contribution in [1.82, 2.24) is 0 Å². The van der Waals surface area contributed by atoms with Gasteiger partial charge in [-0.3, -0.25) is 18.6 Å². The molecule has 312 valence electrons. The van der Waals surface area contributed by atoms with Crippen LogP contribution in [0.15, 0.2) is 24.3 Å². The van der Waals surface area contributed by atoms with Crippen LogP contribution in [0.1, 0.15) is 206 Å². The lowest BCUT2D eigenvalue weighted by Crippen LogP contribution is -2.29. The first-order valence-corrected chi connectivity index (χ1v) is 23.3. The SMILES string of the molecule is CCCC/C=C\C/C=C\CCCCCCCC(=O)OC(COC(=O)CCCCCCCCCCCCCCCCCCCC)COP(=O)(O)OCCN. The van der Waals surface area contributed by atoms with E-state index in [1.165, 1.54) is 109 Å². The van der Waals surface area contributed by atoms with E-state index in [0.717, 1.165) is 64.2 Å². The first kappa shape index (κ1) is 51.5. The third-order valence-electron chi connectivity index (χ3n) is 9.34. The van der Waals surface area contributed by atoms with E-state index in [9.17, 15) is 19.0 Å². The van der Waals surface area contributed by atoms with Crippen molar-refractivity contribution in [2.75, 3.05) is 26.4 Å². The Morgan fingerprint density at radius 1 is 0.566 bits per heavy atom. The molecule has 0 saturated carbocycles. The summed E-state index contributed by atoms with van der Waals surface area (Å²) >= 11 is 0. The number of hydrogen-bond acceptors (Lipinski definition) is 8. The molecule has 9 nitrogen and oxygen atoms in total. The molecule has 0 saturated heterocycles. The summed E-state index contributed by atoms with van der Waals surface area (Å²) < 4.78 is 32.8. The van der Waals surface area contributed by atoms with Gasteiger partial charge >= 0.3 is 19.8 Å². The van der Waals surface area contributed by atoms with Gasteiger partial charge in [0.2, 0.25) is 0 Å². The van der Waals surface area contributed by atoms with Crippen LogP contribution < -0.4 is 5.73 Å². The van der Waals surface area contributed by atoms with Crippen LogP contribution in [0.4, 0.5) is 0 Å². The van der Waals surface area contributed by atoms with E-state index in [-0.39, 0.29) is 38.6 Å².